The van der Waals surface area contributed by atoms with E-state index in [4.69, 9.17) is 11.5 Å². The predicted octanol–water partition coefficient (Wildman–Crippen LogP) is 1.19. The lowest BCUT2D eigenvalue weighted by Crippen LogP contribution is -2.10. The molecule has 0 spiro atoms. The molecule has 0 saturated carbocycles. The first kappa shape index (κ1) is 12.4. The zero-order valence-electron chi connectivity index (χ0n) is 8.36. The Bertz CT molecular complexity index is 281. The minimum Gasteiger partial charge on any atom is -0.366 e. The second kappa shape index (κ2) is 6.86. The van der Waals surface area contributed by atoms with Crippen molar-refractivity contribution in [3.63, 3.8) is 0 Å². The molecule has 0 aliphatic rings. The first-order valence-corrected chi connectivity index (χ1v) is 4.27. The molecule has 0 heterocycles. The third-order valence-electron chi connectivity index (χ3n) is 1.50. The molecule has 0 fully saturated rings. The third kappa shape index (κ3) is 5.97. The fraction of sp³-hybridized carbons (Fsp3) is 0.182. The van der Waals surface area contributed by atoms with Crippen LogP contribution in [0.25, 0.3) is 0 Å². The van der Waals surface area contributed by atoms with Gasteiger partial charge >= 0.3 is 0 Å². The quantitative estimate of drug-likeness (QED) is 0.691. The van der Waals surface area contributed by atoms with Crippen molar-refractivity contribution in [1.82, 2.24) is 0 Å². The molecule has 14 heavy (non-hydrogen) atoms. The lowest BCUT2D eigenvalue weighted by atomic mass is 10.2. The summed E-state index contributed by atoms with van der Waals surface area (Å²) in [6.07, 6.45) is 0. The zero-order chi connectivity index (χ0) is 11.0. The summed E-state index contributed by atoms with van der Waals surface area (Å²) in [5, 5.41) is 0. The summed E-state index contributed by atoms with van der Waals surface area (Å²) in [6.45, 7) is 5.49. The summed E-state index contributed by atoms with van der Waals surface area (Å²) in [5.41, 5.74) is 11.6. The molecule has 0 aromatic heterocycles. The number of carbonyl (C=O) groups excluding carboxylic acids is 1. The SMILES string of the molecule is C=C(C)C(N)=O.NCc1ccccc1. The second-order valence-corrected chi connectivity index (χ2v) is 2.83. The van der Waals surface area contributed by atoms with E-state index in [0.29, 0.717) is 12.1 Å². The molecule has 1 amide bonds. The number of primary amides is 1. The van der Waals surface area contributed by atoms with Crippen LogP contribution >= 0.6 is 0 Å². The Morgan fingerprint density at radius 1 is 1.36 bits per heavy atom. The molecular formula is C11H16N2O. The van der Waals surface area contributed by atoms with Gasteiger partial charge in [-0.2, -0.15) is 0 Å². The summed E-state index contributed by atoms with van der Waals surface area (Å²) in [6, 6.07) is 9.99. The monoisotopic (exact) mass is 192 g/mol. The largest absolute Gasteiger partial charge is 0.366 e. The summed E-state index contributed by atoms with van der Waals surface area (Å²) in [5.74, 6) is -0.435. The van der Waals surface area contributed by atoms with Gasteiger partial charge in [-0.15, -0.1) is 0 Å². The van der Waals surface area contributed by atoms with E-state index in [1.165, 1.54) is 5.56 Å². The van der Waals surface area contributed by atoms with Crippen LogP contribution in [0.5, 0.6) is 0 Å². The number of amides is 1. The molecule has 3 nitrogen and oxygen atoms in total. The smallest absolute Gasteiger partial charge is 0.243 e. The Morgan fingerprint density at radius 3 is 2.00 bits per heavy atom. The first-order chi connectivity index (χ1) is 6.57. The Kier molecular flexibility index (Phi) is 6.07. The number of nitrogens with two attached hydrogens (primary N) is 2. The summed E-state index contributed by atoms with van der Waals surface area (Å²) < 4.78 is 0. The van der Waals surface area contributed by atoms with Gasteiger partial charge in [0.25, 0.3) is 0 Å². The van der Waals surface area contributed by atoms with Crippen LogP contribution in [0.3, 0.4) is 0 Å². The van der Waals surface area contributed by atoms with E-state index in [1.807, 2.05) is 30.3 Å². The van der Waals surface area contributed by atoms with Crippen molar-refractivity contribution in [3.05, 3.63) is 48.0 Å². The summed E-state index contributed by atoms with van der Waals surface area (Å²) >= 11 is 0. The molecule has 0 atom stereocenters. The van der Waals surface area contributed by atoms with Gasteiger partial charge in [0, 0.05) is 12.1 Å². The number of benzene rings is 1. The lowest BCUT2D eigenvalue weighted by molar-refractivity contribution is -0.114. The standard InChI is InChI=1S/C7H9N.C4H7NO/c8-6-7-4-2-1-3-5-7;1-3(2)4(5)6/h1-5H,6,8H2;1H2,2H3,(H2,5,6). The topological polar surface area (TPSA) is 69.1 Å². The molecular weight excluding hydrogens is 176 g/mol. The Hall–Kier alpha value is -1.61. The van der Waals surface area contributed by atoms with Crippen LogP contribution in [0, 0.1) is 0 Å². The maximum absolute atomic E-state index is 9.82. The molecule has 3 heteroatoms. The normalized spacial score (nSPS) is 8.43. The highest BCUT2D eigenvalue weighted by atomic mass is 16.1. The van der Waals surface area contributed by atoms with E-state index in [2.05, 4.69) is 6.58 Å². The first-order valence-electron chi connectivity index (χ1n) is 4.27. The summed E-state index contributed by atoms with van der Waals surface area (Å²) in [7, 11) is 0. The van der Waals surface area contributed by atoms with Crippen molar-refractivity contribution >= 4 is 5.91 Å². The molecule has 4 N–H and O–H groups in total. The van der Waals surface area contributed by atoms with Gasteiger partial charge in [-0.05, 0) is 12.5 Å². The number of carbonyl (C=O) groups is 1. The van der Waals surface area contributed by atoms with Crippen LogP contribution in [0.2, 0.25) is 0 Å². The van der Waals surface area contributed by atoms with E-state index in [9.17, 15) is 4.79 Å². The van der Waals surface area contributed by atoms with Crippen molar-refractivity contribution < 1.29 is 4.79 Å². The molecule has 0 saturated heterocycles. The number of hydrogen-bond donors (Lipinski definition) is 2. The molecule has 1 rings (SSSR count). The molecule has 1 aromatic rings. The maximum atomic E-state index is 9.82. The molecule has 0 aliphatic carbocycles. The molecule has 0 unspecified atom stereocenters. The van der Waals surface area contributed by atoms with Crippen molar-refractivity contribution in [2.45, 2.75) is 13.5 Å². The van der Waals surface area contributed by atoms with Gasteiger partial charge in [-0.3, -0.25) is 4.79 Å². The molecule has 76 valence electrons. The van der Waals surface area contributed by atoms with E-state index in [-0.39, 0.29) is 0 Å². The number of rotatable bonds is 2. The highest BCUT2D eigenvalue weighted by molar-refractivity contribution is 5.90. The van der Waals surface area contributed by atoms with Crippen molar-refractivity contribution in [1.29, 1.82) is 0 Å². The van der Waals surface area contributed by atoms with E-state index in [1.54, 1.807) is 6.92 Å². The van der Waals surface area contributed by atoms with E-state index < -0.39 is 5.91 Å². The van der Waals surface area contributed by atoms with Gasteiger partial charge in [0.1, 0.15) is 0 Å². The Morgan fingerprint density at radius 2 is 1.79 bits per heavy atom. The Balaban J connectivity index is 0.000000255. The maximum Gasteiger partial charge on any atom is 0.243 e. The van der Waals surface area contributed by atoms with E-state index >= 15 is 0 Å². The fourth-order valence-corrected chi connectivity index (χ4v) is 0.614. The van der Waals surface area contributed by atoms with Gasteiger partial charge in [-0.1, -0.05) is 36.9 Å². The van der Waals surface area contributed by atoms with Crippen LogP contribution in [0.15, 0.2) is 42.5 Å². The van der Waals surface area contributed by atoms with E-state index in [0.717, 1.165) is 0 Å². The van der Waals surface area contributed by atoms with Crippen LogP contribution in [-0.2, 0) is 11.3 Å². The highest BCUT2D eigenvalue weighted by Gasteiger charge is 1.86. The van der Waals surface area contributed by atoms with Gasteiger partial charge in [0.15, 0.2) is 0 Å². The van der Waals surface area contributed by atoms with Crippen LogP contribution in [-0.4, -0.2) is 5.91 Å². The molecule has 0 bridgehead atoms. The van der Waals surface area contributed by atoms with Crippen LogP contribution in [0.4, 0.5) is 0 Å². The second-order valence-electron chi connectivity index (χ2n) is 2.83. The van der Waals surface area contributed by atoms with Gasteiger partial charge < -0.3 is 11.5 Å². The zero-order valence-corrected chi connectivity index (χ0v) is 8.36. The lowest BCUT2D eigenvalue weighted by Gasteiger charge is -1.90. The predicted molar refractivity (Wildman–Crippen MR) is 58.3 cm³/mol. The average molecular weight is 192 g/mol. The van der Waals surface area contributed by atoms with Crippen LogP contribution < -0.4 is 11.5 Å². The fourth-order valence-electron chi connectivity index (χ4n) is 0.614. The minimum absolute atomic E-state index is 0.398. The average Bonchev–Trinajstić information content (AvgIpc) is 2.20. The third-order valence-corrected chi connectivity index (χ3v) is 1.50. The minimum atomic E-state index is -0.435. The highest BCUT2D eigenvalue weighted by Crippen LogP contribution is 1.94. The molecule has 0 aliphatic heterocycles. The van der Waals surface area contributed by atoms with Crippen molar-refractivity contribution in [2.24, 2.45) is 11.5 Å². The van der Waals surface area contributed by atoms with Gasteiger partial charge in [-0.25, -0.2) is 0 Å². The number of hydrogen-bond acceptors (Lipinski definition) is 2. The Labute approximate surface area is 84.4 Å². The van der Waals surface area contributed by atoms with Crippen molar-refractivity contribution in [3.8, 4) is 0 Å². The van der Waals surface area contributed by atoms with Crippen LogP contribution in [0.1, 0.15) is 12.5 Å². The van der Waals surface area contributed by atoms with Gasteiger partial charge in [0.05, 0.1) is 0 Å². The molecule has 1 aromatic carbocycles. The van der Waals surface area contributed by atoms with Gasteiger partial charge in [0.2, 0.25) is 5.91 Å². The van der Waals surface area contributed by atoms with Crippen molar-refractivity contribution in [2.75, 3.05) is 0 Å². The molecule has 0 radical (unpaired) electrons. The summed E-state index contributed by atoms with van der Waals surface area (Å²) in [4.78, 5) is 9.82.